The average Bonchev–Trinajstić information content (AvgIpc) is 3.07. The van der Waals surface area contributed by atoms with Crippen molar-refractivity contribution in [1.82, 2.24) is 10.2 Å². The van der Waals surface area contributed by atoms with Crippen LogP contribution in [0.3, 0.4) is 0 Å². The largest absolute Gasteiger partial charge is 0.370 e. The molecular weight excluding hydrogens is 324 g/mol. The Hall–Kier alpha value is -1.10. The van der Waals surface area contributed by atoms with E-state index in [1.807, 2.05) is 18.2 Å². The summed E-state index contributed by atoms with van der Waals surface area (Å²) in [7, 11) is 0. The molecule has 0 spiro atoms. The van der Waals surface area contributed by atoms with E-state index in [2.05, 4.69) is 22.3 Å². The lowest BCUT2D eigenvalue weighted by Crippen LogP contribution is -2.53. The standard InChI is InChI=1S/C19H26N2O2.ClH/c22-18(19-9-5-4-8-16(19)12-20-14-19)21-10-11-23-17(13-21)15-6-2-1-3-7-15;/h1-3,6-7,16-17,20H,4-5,8-14H2;1H/t16-,17?,19+;/m0./s1. The predicted octanol–water partition coefficient (Wildman–Crippen LogP) is 2.79. The van der Waals surface area contributed by atoms with Crippen LogP contribution in [0.15, 0.2) is 30.3 Å². The number of halogens is 1. The summed E-state index contributed by atoms with van der Waals surface area (Å²) in [6, 6.07) is 10.3. The number of morpholine rings is 1. The van der Waals surface area contributed by atoms with Gasteiger partial charge in [0.25, 0.3) is 0 Å². The molecule has 2 aliphatic heterocycles. The number of fused-ring (bicyclic) bond motifs is 1. The molecule has 1 aromatic carbocycles. The van der Waals surface area contributed by atoms with Gasteiger partial charge in [0.05, 0.1) is 18.6 Å². The second kappa shape index (κ2) is 7.42. The van der Waals surface area contributed by atoms with Crippen LogP contribution in [-0.4, -0.2) is 43.6 Å². The number of rotatable bonds is 2. The Bertz CT molecular complexity index is 568. The lowest BCUT2D eigenvalue weighted by molar-refractivity contribution is -0.153. The summed E-state index contributed by atoms with van der Waals surface area (Å²) in [5.41, 5.74) is 1.03. The van der Waals surface area contributed by atoms with Crippen LogP contribution in [0.2, 0.25) is 0 Å². The Labute approximate surface area is 150 Å². The normalized spacial score (nSPS) is 32.8. The SMILES string of the molecule is Cl.O=C(N1CCOC(c2ccccc2)C1)[C@@]12CCCC[C@H]1CNC2. The number of carbonyl (C=O) groups is 1. The van der Waals surface area contributed by atoms with Crippen LogP contribution in [0.25, 0.3) is 0 Å². The summed E-state index contributed by atoms with van der Waals surface area (Å²) in [4.78, 5) is 15.4. The van der Waals surface area contributed by atoms with E-state index in [1.165, 1.54) is 24.8 Å². The summed E-state index contributed by atoms with van der Waals surface area (Å²) in [5.74, 6) is 0.901. The second-order valence-electron chi connectivity index (χ2n) is 7.25. The van der Waals surface area contributed by atoms with Crippen LogP contribution < -0.4 is 5.32 Å². The molecule has 4 rings (SSSR count). The molecule has 1 aromatic rings. The molecule has 1 saturated carbocycles. The summed E-state index contributed by atoms with van der Waals surface area (Å²) in [6.07, 6.45) is 4.73. The van der Waals surface area contributed by atoms with E-state index >= 15 is 0 Å². The first-order valence-electron chi connectivity index (χ1n) is 8.96. The van der Waals surface area contributed by atoms with Gasteiger partial charge in [0.15, 0.2) is 0 Å². The van der Waals surface area contributed by atoms with Gasteiger partial charge in [-0.05, 0) is 30.9 Å². The first-order chi connectivity index (χ1) is 11.3. The van der Waals surface area contributed by atoms with E-state index in [0.717, 1.165) is 26.1 Å². The first-order valence-corrected chi connectivity index (χ1v) is 8.96. The minimum absolute atomic E-state index is 0. The minimum Gasteiger partial charge on any atom is -0.370 e. The van der Waals surface area contributed by atoms with Gasteiger partial charge in [0.2, 0.25) is 5.91 Å². The highest BCUT2D eigenvalue weighted by molar-refractivity contribution is 5.85. The molecular formula is C19H27ClN2O2. The predicted molar refractivity (Wildman–Crippen MR) is 96.2 cm³/mol. The van der Waals surface area contributed by atoms with Crippen molar-refractivity contribution < 1.29 is 9.53 Å². The van der Waals surface area contributed by atoms with Crippen molar-refractivity contribution >= 4 is 18.3 Å². The summed E-state index contributed by atoms with van der Waals surface area (Å²) in [6.45, 7) is 3.94. The zero-order valence-electron chi connectivity index (χ0n) is 14.1. The third kappa shape index (κ3) is 3.07. The van der Waals surface area contributed by atoms with Crippen molar-refractivity contribution in [2.24, 2.45) is 11.3 Å². The molecule has 4 nitrogen and oxygen atoms in total. The third-order valence-electron chi connectivity index (χ3n) is 5.99. The number of hydrogen-bond donors (Lipinski definition) is 1. The fourth-order valence-electron chi connectivity index (χ4n) is 4.69. The molecule has 2 heterocycles. The number of carbonyl (C=O) groups excluding carboxylic acids is 1. The van der Waals surface area contributed by atoms with Crippen LogP contribution in [0.1, 0.15) is 37.4 Å². The molecule has 1 unspecified atom stereocenters. The zero-order valence-corrected chi connectivity index (χ0v) is 14.9. The Morgan fingerprint density at radius 3 is 2.92 bits per heavy atom. The van der Waals surface area contributed by atoms with E-state index in [0.29, 0.717) is 25.0 Å². The molecule has 1 aliphatic carbocycles. The molecule has 2 saturated heterocycles. The molecule has 5 heteroatoms. The first kappa shape index (κ1) is 17.7. The minimum atomic E-state index is -0.142. The highest BCUT2D eigenvalue weighted by Gasteiger charge is 2.51. The van der Waals surface area contributed by atoms with Gasteiger partial charge in [-0.25, -0.2) is 0 Å². The Morgan fingerprint density at radius 2 is 2.08 bits per heavy atom. The zero-order chi connectivity index (χ0) is 15.7. The van der Waals surface area contributed by atoms with Crippen LogP contribution >= 0.6 is 12.4 Å². The van der Waals surface area contributed by atoms with Gasteiger partial charge < -0.3 is 15.0 Å². The summed E-state index contributed by atoms with van der Waals surface area (Å²) < 4.78 is 5.93. The smallest absolute Gasteiger partial charge is 0.230 e. The van der Waals surface area contributed by atoms with Gasteiger partial charge in [0.1, 0.15) is 6.10 Å². The molecule has 3 aliphatic rings. The van der Waals surface area contributed by atoms with Crippen LogP contribution in [0.4, 0.5) is 0 Å². The van der Waals surface area contributed by atoms with Crippen molar-refractivity contribution in [3.05, 3.63) is 35.9 Å². The molecule has 3 fully saturated rings. The second-order valence-corrected chi connectivity index (χ2v) is 7.25. The van der Waals surface area contributed by atoms with Crippen molar-refractivity contribution in [2.75, 3.05) is 32.8 Å². The lowest BCUT2D eigenvalue weighted by Gasteiger charge is -2.43. The maximum Gasteiger partial charge on any atom is 0.230 e. The molecule has 1 amide bonds. The Kier molecular flexibility index (Phi) is 5.48. The van der Waals surface area contributed by atoms with Crippen molar-refractivity contribution in [1.29, 1.82) is 0 Å². The van der Waals surface area contributed by atoms with Crippen molar-refractivity contribution in [2.45, 2.75) is 31.8 Å². The van der Waals surface area contributed by atoms with Gasteiger partial charge in [-0.3, -0.25) is 4.79 Å². The van der Waals surface area contributed by atoms with Gasteiger partial charge in [-0.15, -0.1) is 12.4 Å². The number of amides is 1. The van der Waals surface area contributed by atoms with Crippen molar-refractivity contribution in [3.63, 3.8) is 0 Å². The van der Waals surface area contributed by atoms with Crippen LogP contribution in [0.5, 0.6) is 0 Å². The summed E-state index contributed by atoms with van der Waals surface area (Å²) in [5, 5.41) is 3.49. The summed E-state index contributed by atoms with van der Waals surface area (Å²) >= 11 is 0. The van der Waals surface area contributed by atoms with E-state index in [1.54, 1.807) is 0 Å². The molecule has 0 radical (unpaired) electrons. The Morgan fingerprint density at radius 1 is 1.25 bits per heavy atom. The molecule has 0 bridgehead atoms. The fraction of sp³-hybridized carbons (Fsp3) is 0.632. The molecule has 24 heavy (non-hydrogen) atoms. The number of hydrogen-bond acceptors (Lipinski definition) is 3. The number of benzene rings is 1. The molecule has 3 atom stereocenters. The van der Waals surface area contributed by atoms with E-state index < -0.39 is 0 Å². The van der Waals surface area contributed by atoms with Crippen LogP contribution in [0, 0.1) is 11.3 Å². The van der Waals surface area contributed by atoms with Crippen LogP contribution in [-0.2, 0) is 9.53 Å². The van der Waals surface area contributed by atoms with E-state index in [9.17, 15) is 4.79 Å². The van der Waals surface area contributed by atoms with Crippen molar-refractivity contribution in [3.8, 4) is 0 Å². The molecule has 1 N–H and O–H groups in total. The lowest BCUT2D eigenvalue weighted by atomic mass is 9.67. The number of nitrogens with one attached hydrogen (secondary N) is 1. The van der Waals surface area contributed by atoms with E-state index in [-0.39, 0.29) is 23.9 Å². The Balaban J connectivity index is 0.00000169. The maximum absolute atomic E-state index is 13.4. The maximum atomic E-state index is 13.4. The highest BCUT2D eigenvalue weighted by atomic mass is 35.5. The third-order valence-corrected chi connectivity index (χ3v) is 5.99. The van der Waals surface area contributed by atoms with Gasteiger partial charge >= 0.3 is 0 Å². The molecule has 132 valence electrons. The number of nitrogens with zero attached hydrogens (tertiary/aromatic N) is 1. The van der Waals surface area contributed by atoms with Gasteiger partial charge in [-0.2, -0.15) is 0 Å². The average molecular weight is 351 g/mol. The quantitative estimate of drug-likeness (QED) is 0.891. The van der Waals surface area contributed by atoms with Gasteiger partial charge in [0, 0.05) is 13.1 Å². The fourth-order valence-corrected chi connectivity index (χ4v) is 4.69. The number of ether oxygens (including phenoxy) is 1. The highest BCUT2D eigenvalue weighted by Crippen LogP contribution is 2.45. The molecule has 0 aromatic heterocycles. The topological polar surface area (TPSA) is 41.6 Å². The van der Waals surface area contributed by atoms with E-state index in [4.69, 9.17) is 4.74 Å². The van der Waals surface area contributed by atoms with Gasteiger partial charge in [-0.1, -0.05) is 43.2 Å². The monoisotopic (exact) mass is 350 g/mol.